The van der Waals surface area contributed by atoms with E-state index in [2.05, 4.69) is 4.74 Å². The number of aliphatic hydroxyl groups is 5. The van der Waals surface area contributed by atoms with Crippen LogP contribution in [0.15, 0.2) is 0 Å². The summed E-state index contributed by atoms with van der Waals surface area (Å²) < 4.78 is 4.24. The summed E-state index contributed by atoms with van der Waals surface area (Å²) in [5.74, 6) is -3.90. The summed E-state index contributed by atoms with van der Waals surface area (Å²) >= 11 is 0. The van der Waals surface area contributed by atoms with Crippen LogP contribution in [0.2, 0.25) is 0 Å². The average Bonchev–Trinajstić information content (AvgIpc) is 2.33. The molecule has 1 saturated heterocycles. The van der Waals surface area contributed by atoms with Crippen LogP contribution in [0.4, 0.5) is 0 Å². The molecule has 1 heterocycles. The van der Waals surface area contributed by atoms with Crippen molar-refractivity contribution in [3.8, 4) is 0 Å². The maximum atomic E-state index is 10.6. The molecular weight excluding hydrogens is 184 g/mol. The molecule has 0 radical (unpaired) electrons. The lowest BCUT2D eigenvalue weighted by atomic mass is 10.0. The van der Waals surface area contributed by atoms with E-state index in [1.807, 2.05) is 0 Å². The topological polar surface area (TPSA) is 127 Å². The van der Waals surface area contributed by atoms with Gasteiger partial charge >= 0.3 is 5.97 Å². The molecule has 1 aliphatic heterocycles. The van der Waals surface area contributed by atoms with Gasteiger partial charge in [-0.15, -0.1) is 0 Å². The quantitative estimate of drug-likeness (QED) is 0.226. The molecule has 7 nitrogen and oxygen atoms in total. The second kappa shape index (κ2) is 3.20. The molecule has 7 heteroatoms. The summed E-state index contributed by atoms with van der Waals surface area (Å²) in [6.07, 6.45) is -5.30. The van der Waals surface area contributed by atoms with Crippen LogP contribution in [0.5, 0.6) is 0 Å². The Kier molecular flexibility index (Phi) is 2.55. The predicted octanol–water partition coefficient (Wildman–Crippen LogP) is -3.69. The van der Waals surface area contributed by atoms with Crippen molar-refractivity contribution in [3.63, 3.8) is 0 Å². The molecule has 0 aromatic rings. The molecule has 0 saturated carbocycles. The zero-order chi connectivity index (χ0) is 10.2. The Bertz CT molecular complexity index is 213. The van der Waals surface area contributed by atoms with Crippen LogP contribution in [0.3, 0.4) is 0 Å². The van der Waals surface area contributed by atoms with Gasteiger partial charge in [-0.2, -0.15) is 0 Å². The first-order valence-electron chi connectivity index (χ1n) is 3.52. The molecule has 3 atom stereocenters. The number of carbonyl (C=O) groups is 1. The summed E-state index contributed by atoms with van der Waals surface area (Å²) in [5.41, 5.74) is 0. The van der Waals surface area contributed by atoms with E-state index in [-0.39, 0.29) is 0 Å². The first kappa shape index (κ1) is 10.4. The Morgan fingerprint density at radius 3 is 2.23 bits per heavy atom. The van der Waals surface area contributed by atoms with E-state index in [4.69, 9.17) is 25.5 Å². The third-order valence-electron chi connectivity index (χ3n) is 1.81. The normalized spacial score (nSPS) is 34.8. The highest BCUT2D eigenvalue weighted by Crippen LogP contribution is 2.23. The second-order valence-corrected chi connectivity index (χ2v) is 2.83. The van der Waals surface area contributed by atoms with Crippen molar-refractivity contribution in [2.24, 2.45) is 0 Å². The van der Waals surface area contributed by atoms with E-state index in [9.17, 15) is 4.79 Å². The maximum Gasteiger partial charge on any atom is 0.338 e. The summed E-state index contributed by atoms with van der Waals surface area (Å²) in [4.78, 5) is 10.6. The molecule has 1 aliphatic rings. The van der Waals surface area contributed by atoms with Crippen LogP contribution in [0.1, 0.15) is 0 Å². The molecule has 76 valence electrons. The molecule has 0 amide bonds. The first-order chi connectivity index (χ1) is 5.90. The Hall–Kier alpha value is -0.730. The zero-order valence-corrected chi connectivity index (χ0v) is 6.49. The van der Waals surface area contributed by atoms with Gasteiger partial charge in [-0.1, -0.05) is 0 Å². The standard InChI is InChI=1S/C6H10O7/c7-1-6(11,12)4-2(8)3(9)5(10)13-4/h2-4,7-9,11-12H,1H2/t2?,3-,4-/m0/s1. The number of hydrogen-bond acceptors (Lipinski definition) is 7. The van der Waals surface area contributed by atoms with Gasteiger partial charge in [0.05, 0.1) is 0 Å². The van der Waals surface area contributed by atoms with E-state index in [1.165, 1.54) is 0 Å². The van der Waals surface area contributed by atoms with Crippen molar-refractivity contribution in [3.05, 3.63) is 0 Å². The Labute approximate surface area is 72.8 Å². The number of cyclic esters (lactones) is 1. The largest absolute Gasteiger partial charge is 0.452 e. The molecule has 1 fully saturated rings. The predicted molar refractivity (Wildman–Crippen MR) is 36.1 cm³/mol. The molecule has 0 aromatic carbocycles. The van der Waals surface area contributed by atoms with Gasteiger partial charge in [0.1, 0.15) is 12.7 Å². The van der Waals surface area contributed by atoms with Gasteiger partial charge in [0.25, 0.3) is 0 Å². The fourth-order valence-electron chi connectivity index (χ4n) is 1.03. The van der Waals surface area contributed by atoms with Crippen LogP contribution in [-0.4, -0.2) is 62.2 Å². The Morgan fingerprint density at radius 1 is 1.38 bits per heavy atom. The summed E-state index contributed by atoms with van der Waals surface area (Å²) in [7, 11) is 0. The molecule has 0 aliphatic carbocycles. The monoisotopic (exact) mass is 194 g/mol. The molecular formula is C6H10O7. The van der Waals surface area contributed by atoms with E-state index < -0.39 is 36.7 Å². The molecule has 0 bridgehead atoms. The number of aliphatic hydroxyl groups excluding tert-OH is 3. The summed E-state index contributed by atoms with van der Waals surface area (Å²) in [5, 5.41) is 44.4. The van der Waals surface area contributed by atoms with Gasteiger partial charge in [0.15, 0.2) is 12.2 Å². The fraction of sp³-hybridized carbons (Fsp3) is 0.833. The third kappa shape index (κ3) is 1.64. The van der Waals surface area contributed by atoms with Crippen LogP contribution >= 0.6 is 0 Å². The SMILES string of the molecule is O=C1O[C@H](C(O)(O)CO)C(O)[C@@H]1O. The lowest BCUT2D eigenvalue weighted by molar-refractivity contribution is -0.257. The number of ether oxygens (including phenoxy) is 1. The minimum absolute atomic E-state index is 1.12. The number of esters is 1. The van der Waals surface area contributed by atoms with E-state index in [0.717, 1.165) is 0 Å². The molecule has 1 rings (SSSR count). The number of carbonyl (C=O) groups excluding carboxylic acids is 1. The van der Waals surface area contributed by atoms with Crippen LogP contribution in [-0.2, 0) is 9.53 Å². The Morgan fingerprint density at radius 2 is 1.92 bits per heavy atom. The van der Waals surface area contributed by atoms with Gasteiger partial charge in [-0.25, -0.2) is 4.79 Å². The average molecular weight is 194 g/mol. The van der Waals surface area contributed by atoms with E-state index in [1.54, 1.807) is 0 Å². The van der Waals surface area contributed by atoms with Gasteiger partial charge in [-0.05, 0) is 0 Å². The number of hydrogen-bond donors (Lipinski definition) is 5. The molecule has 13 heavy (non-hydrogen) atoms. The number of rotatable bonds is 2. The van der Waals surface area contributed by atoms with Gasteiger partial charge in [0, 0.05) is 0 Å². The molecule has 0 spiro atoms. The first-order valence-corrected chi connectivity index (χ1v) is 3.52. The maximum absolute atomic E-state index is 10.6. The second-order valence-electron chi connectivity index (χ2n) is 2.83. The lowest BCUT2D eigenvalue weighted by Gasteiger charge is -2.26. The fourth-order valence-corrected chi connectivity index (χ4v) is 1.03. The summed E-state index contributed by atoms with van der Waals surface area (Å²) in [6.45, 7) is -1.12. The van der Waals surface area contributed by atoms with Crippen LogP contribution < -0.4 is 0 Å². The Balaban J connectivity index is 2.79. The minimum atomic E-state index is -2.74. The smallest absolute Gasteiger partial charge is 0.338 e. The van der Waals surface area contributed by atoms with Crippen molar-refractivity contribution < 1.29 is 35.1 Å². The lowest BCUT2D eigenvalue weighted by Crippen LogP contribution is -2.51. The van der Waals surface area contributed by atoms with Crippen molar-refractivity contribution in [1.82, 2.24) is 0 Å². The van der Waals surface area contributed by atoms with E-state index in [0.29, 0.717) is 0 Å². The van der Waals surface area contributed by atoms with Gasteiger partial charge in [-0.3, -0.25) is 0 Å². The van der Waals surface area contributed by atoms with Gasteiger partial charge in [0.2, 0.25) is 5.79 Å². The highest BCUT2D eigenvalue weighted by molar-refractivity contribution is 5.77. The van der Waals surface area contributed by atoms with Crippen molar-refractivity contribution in [2.45, 2.75) is 24.1 Å². The molecule has 5 N–H and O–H groups in total. The zero-order valence-electron chi connectivity index (χ0n) is 6.49. The van der Waals surface area contributed by atoms with Crippen molar-refractivity contribution >= 4 is 5.97 Å². The third-order valence-corrected chi connectivity index (χ3v) is 1.81. The van der Waals surface area contributed by atoms with Crippen molar-refractivity contribution in [2.75, 3.05) is 6.61 Å². The van der Waals surface area contributed by atoms with E-state index >= 15 is 0 Å². The van der Waals surface area contributed by atoms with Crippen LogP contribution in [0.25, 0.3) is 0 Å². The molecule has 0 aromatic heterocycles. The molecule has 1 unspecified atom stereocenters. The van der Waals surface area contributed by atoms with Gasteiger partial charge < -0.3 is 30.3 Å². The minimum Gasteiger partial charge on any atom is -0.452 e. The summed E-state index contributed by atoms with van der Waals surface area (Å²) in [6, 6.07) is 0. The van der Waals surface area contributed by atoms with Crippen LogP contribution in [0, 0.1) is 0 Å². The highest BCUT2D eigenvalue weighted by Gasteiger charge is 2.52. The van der Waals surface area contributed by atoms with Crippen molar-refractivity contribution in [1.29, 1.82) is 0 Å². The highest BCUT2D eigenvalue weighted by atomic mass is 16.6.